The maximum absolute atomic E-state index is 12.3. The van der Waals surface area contributed by atoms with Crippen LogP contribution in [0.2, 0.25) is 5.02 Å². The molecule has 9 nitrogen and oxygen atoms in total. The molecule has 136 valence electrons. The van der Waals surface area contributed by atoms with Crippen LogP contribution in [-0.2, 0) is 16.1 Å². The molecular formula is C15H11ClN3O6S-. The number of urea groups is 1. The highest BCUT2D eigenvalue weighted by Crippen LogP contribution is 2.29. The Morgan fingerprint density at radius 2 is 1.92 bits per heavy atom. The topological polar surface area (TPSA) is 133 Å². The van der Waals surface area contributed by atoms with Crippen LogP contribution in [0, 0.1) is 10.1 Å². The van der Waals surface area contributed by atoms with Crippen LogP contribution in [0.25, 0.3) is 0 Å². The number of nitro groups is 1. The van der Waals surface area contributed by atoms with E-state index in [4.69, 9.17) is 11.6 Å². The second-order valence-electron chi connectivity index (χ2n) is 4.88. The van der Waals surface area contributed by atoms with Crippen molar-refractivity contribution in [1.29, 1.82) is 0 Å². The molecule has 0 aliphatic heterocycles. The molecule has 1 N–H and O–H groups in total. The van der Waals surface area contributed by atoms with Gasteiger partial charge in [-0.1, -0.05) is 29.8 Å². The van der Waals surface area contributed by atoms with Gasteiger partial charge in [-0.05, 0) is 30.3 Å². The molecule has 0 bridgehead atoms. The van der Waals surface area contributed by atoms with E-state index in [1.165, 1.54) is 0 Å². The minimum absolute atomic E-state index is 0.104. The summed E-state index contributed by atoms with van der Waals surface area (Å²) in [5.74, 6) is 0. The molecule has 2 amide bonds. The van der Waals surface area contributed by atoms with Crippen molar-refractivity contribution in [2.45, 2.75) is 6.04 Å². The lowest BCUT2D eigenvalue weighted by Crippen LogP contribution is -2.36. The van der Waals surface area contributed by atoms with Crippen molar-refractivity contribution in [3.63, 3.8) is 0 Å². The quantitative estimate of drug-likeness (QED) is 0.345. The SMILES string of the molecule is O=CC(c1ccc(N(C(=O)Nc2ccccc2)S(=O)[O-])cc1Cl)[N+](=O)[O-]. The summed E-state index contributed by atoms with van der Waals surface area (Å²) in [5.41, 5.74) is 0.106. The highest BCUT2D eigenvalue weighted by molar-refractivity contribution is 7.81. The molecule has 2 aromatic rings. The molecule has 0 saturated heterocycles. The molecule has 0 aromatic heterocycles. The number of carbonyl (C=O) groups excluding carboxylic acids is 2. The second-order valence-corrected chi connectivity index (χ2v) is 6.09. The normalized spacial score (nSPS) is 12.7. The van der Waals surface area contributed by atoms with Gasteiger partial charge < -0.3 is 9.87 Å². The van der Waals surface area contributed by atoms with Crippen LogP contribution in [0.1, 0.15) is 11.6 Å². The molecule has 0 radical (unpaired) electrons. The number of aldehydes is 1. The van der Waals surface area contributed by atoms with Crippen LogP contribution >= 0.6 is 11.6 Å². The highest BCUT2D eigenvalue weighted by atomic mass is 35.5. The lowest BCUT2D eigenvalue weighted by Gasteiger charge is -2.25. The van der Waals surface area contributed by atoms with Gasteiger partial charge in [0.2, 0.25) is 0 Å². The second kappa shape index (κ2) is 8.52. The lowest BCUT2D eigenvalue weighted by atomic mass is 10.1. The van der Waals surface area contributed by atoms with Crippen LogP contribution < -0.4 is 9.62 Å². The van der Waals surface area contributed by atoms with Gasteiger partial charge in [0.25, 0.3) is 6.04 Å². The van der Waals surface area contributed by atoms with Crippen LogP contribution in [0.15, 0.2) is 48.5 Å². The zero-order valence-corrected chi connectivity index (χ0v) is 14.5. The Morgan fingerprint density at radius 1 is 1.27 bits per heavy atom. The van der Waals surface area contributed by atoms with Gasteiger partial charge in [-0.25, -0.2) is 9.10 Å². The minimum Gasteiger partial charge on any atom is -0.755 e. The number of hydrogen-bond acceptors (Lipinski definition) is 6. The molecule has 0 aliphatic rings. The summed E-state index contributed by atoms with van der Waals surface area (Å²) >= 11 is 2.95. The Bertz CT molecular complexity index is 864. The van der Waals surface area contributed by atoms with E-state index in [1.807, 2.05) is 0 Å². The largest absolute Gasteiger partial charge is 0.755 e. The smallest absolute Gasteiger partial charge is 0.337 e. The predicted molar refractivity (Wildman–Crippen MR) is 94.1 cm³/mol. The maximum Gasteiger partial charge on any atom is 0.337 e. The van der Waals surface area contributed by atoms with Crippen molar-refractivity contribution in [3.8, 4) is 0 Å². The van der Waals surface area contributed by atoms with Gasteiger partial charge >= 0.3 is 6.03 Å². The molecule has 2 atom stereocenters. The first-order valence-electron chi connectivity index (χ1n) is 6.99. The molecule has 0 saturated carbocycles. The van der Waals surface area contributed by atoms with Crippen molar-refractivity contribution in [1.82, 2.24) is 0 Å². The monoisotopic (exact) mass is 396 g/mol. The molecule has 2 aromatic carbocycles. The molecule has 0 heterocycles. The number of carbonyl (C=O) groups is 2. The van der Waals surface area contributed by atoms with Gasteiger partial charge in [-0.15, -0.1) is 0 Å². The Labute approximate surface area is 155 Å². The van der Waals surface area contributed by atoms with Crippen LogP contribution in [0.4, 0.5) is 16.2 Å². The number of anilines is 2. The Balaban J connectivity index is 2.34. The Morgan fingerprint density at radius 3 is 2.42 bits per heavy atom. The zero-order chi connectivity index (χ0) is 19.3. The zero-order valence-electron chi connectivity index (χ0n) is 12.9. The summed E-state index contributed by atoms with van der Waals surface area (Å²) in [6, 6.07) is 8.78. The third-order valence-corrected chi connectivity index (χ3v) is 4.25. The van der Waals surface area contributed by atoms with Crippen molar-refractivity contribution in [3.05, 3.63) is 69.2 Å². The average Bonchev–Trinajstić information content (AvgIpc) is 2.57. The van der Waals surface area contributed by atoms with E-state index in [9.17, 15) is 28.5 Å². The van der Waals surface area contributed by atoms with Gasteiger partial charge in [0.15, 0.2) is 6.29 Å². The van der Waals surface area contributed by atoms with E-state index in [0.717, 1.165) is 18.2 Å². The Kier molecular flexibility index (Phi) is 6.39. The van der Waals surface area contributed by atoms with E-state index in [-0.39, 0.29) is 22.6 Å². The van der Waals surface area contributed by atoms with Crippen molar-refractivity contribution >= 4 is 46.6 Å². The van der Waals surface area contributed by atoms with Crippen molar-refractivity contribution < 1.29 is 23.3 Å². The lowest BCUT2D eigenvalue weighted by molar-refractivity contribution is -0.511. The fourth-order valence-corrected chi connectivity index (χ4v) is 2.84. The molecule has 11 heteroatoms. The van der Waals surface area contributed by atoms with Gasteiger partial charge in [0.05, 0.1) is 27.5 Å². The van der Waals surface area contributed by atoms with Crippen LogP contribution in [0.3, 0.4) is 0 Å². The molecule has 0 aliphatic carbocycles. The van der Waals surface area contributed by atoms with E-state index < -0.39 is 28.3 Å². The number of hydrogen-bond donors (Lipinski definition) is 1. The van der Waals surface area contributed by atoms with E-state index >= 15 is 0 Å². The minimum atomic E-state index is -2.99. The first kappa shape index (κ1) is 19.5. The van der Waals surface area contributed by atoms with Gasteiger partial charge in [0.1, 0.15) is 0 Å². The van der Waals surface area contributed by atoms with Crippen LogP contribution in [0.5, 0.6) is 0 Å². The number of amides is 2. The van der Waals surface area contributed by atoms with Crippen LogP contribution in [-0.4, -0.2) is 26.0 Å². The standard InChI is InChI=1S/C15H12ClN3O6S/c16-13-8-11(6-7-12(13)14(9-20)19(22)23)18(26(24)25)15(21)17-10-4-2-1-3-5-10/h1-9,14H,(H,17,21)(H,24,25)/p-1. The van der Waals surface area contributed by atoms with Gasteiger partial charge in [0, 0.05) is 10.6 Å². The first-order valence-corrected chi connectivity index (χ1v) is 8.40. The number of nitrogens with zero attached hydrogens (tertiary/aromatic N) is 2. The third kappa shape index (κ3) is 4.42. The highest BCUT2D eigenvalue weighted by Gasteiger charge is 2.26. The number of nitrogens with one attached hydrogen (secondary N) is 1. The molecule has 2 rings (SSSR count). The van der Waals surface area contributed by atoms with Crippen molar-refractivity contribution in [2.75, 3.05) is 9.62 Å². The molecule has 2 unspecified atom stereocenters. The summed E-state index contributed by atoms with van der Waals surface area (Å²) in [6.07, 6.45) is 0.104. The van der Waals surface area contributed by atoms with E-state index in [2.05, 4.69) is 5.32 Å². The fourth-order valence-electron chi connectivity index (χ4n) is 2.09. The summed E-state index contributed by atoms with van der Waals surface area (Å²) in [4.78, 5) is 33.2. The number of rotatable bonds is 6. The average molecular weight is 397 g/mol. The number of para-hydroxylation sites is 1. The molecule has 26 heavy (non-hydrogen) atoms. The van der Waals surface area contributed by atoms with Gasteiger partial charge in [-0.2, -0.15) is 0 Å². The maximum atomic E-state index is 12.3. The van der Waals surface area contributed by atoms with E-state index in [1.54, 1.807) is 30.3 Å². The predicted octanol–water partition coefficient (Wildman–Crippen LogP) is 2.69. The number of benzene rings is 2. The molecule has 0 spiro atoms. The first-order chi connectivity index (χ1) is 12.3. The molecular weight excluding hydrogens is 386 g/mol. The van der Waals surface area contributed by atoms with Gasteiger partial charge in [-0.3, -0.25) is 19.1 Å². The summed E-state index contributed by atoms with van der Waals surface area (Å²) in [6.45, 7) is 0. The summed E-state index contributed by atoms with van der Waals surface area (Å²) in [5, 5.41) is 13.0. The number of halogens is 1. The fraction of sp³-hybridized carbons (Fsp3) is 0.0667. The third-order valence-electron chi connectivity index (χ3n) is 3.25. The molecule has 0 fully saturated rings. The summed E-state index contributed by atoms with van der Waals surface area (Å²) < 4.78 is 23.4. The van der Waals surface area contributed by atoms with Crippen molar-refractivity contribution in [2.24, 2.45) is 0 Å². The van der Waals surface area contributed by atoms with E-state index in [0.29, 0.717) is 9.99 Å². The summed E-state index contributed by atoms with van der Waals surface area (Å²) in [7, 11) is 0. The Hall–Kier alpha value is -2.82.